The summed E-state index contributed by atoms with van der Waals surface area (Å²) in [5, 5.41) is 0. The summed E-state index contributed by atoms with van der Waals surface area (Å²) < 4.78 is 24.5. The summed E-state index contributed by atoms with van der Waals surface area (Å²) >= 11 is 0. The summed E-state index contributed by atoms with van der Waals surface area (Å²) in [6, 6.07) is 33.4. The summed E-state index contributed by atoms with van der Waals surface area (Å²) in [5.74, 6) is -2.09. The van der Waals surface area contributed by atoms with Crippen molar-refractivity contribution in [2.24, 2.45) is 5.92 Å². The zero-order valence-corrected chi connectivity index (χ0v) is 27.0. The summed E-state index contributed by atoms with van der Waals surface area (Å²) in [7, 11) is 0. The van der Waals surface area contributed by atoms with Crippen molar-refractivity contribution < 1.29 is 33.0 Å². The Bertz CT molecular complexity index is 1800. The van der Waals surface area contributed by atoms with Gasteiger partial charge in [0.2, 0.25) is 5.91 Å². The van der Waals surface area contributed by atoms with Crippen LogP contribution in [0.1, 0.15) is 28.7 Å². The number of allylic oxidation sites excluding steroid dienone is 1. The maximum atomic E-state index is 14.3. The number of rotatable bonds is 12. The van der Waals surface area contributed by atoms with Gasteiger partial charge in [-0.25, -0.2) is 23.8 Å². The zero-order valence-electron chi connectivity index (χ0n) is 27.0. The molecule has 2 heterocycles. The van der Waals surface area contributed by atoms with E-state index in [0.29, 0.717) is 24.8 Å². The van der Waals surface area contributed by atoms with E-state index in [0.717, 1.165) is 21.6 Å². The zero-order chi connectivity index (χ0) is 34.2. The molecule has 0 aliphatic carbocycles. The molecule has 0 spiro atoms. The fourth-order valence-electron chi connectivity index (χ4n) is 6.38. The molecule has 2 aliphatic heterocycles. The van der Waals surface area contributed by atoms with Gasteiger partial charge in [-0.15, -0.1) is 0 Å². The number of hydrogen-bond acceptors (Lipinski definition) is 6. The number of cyclic esters (lactones) is 2. The molecule has 2 fully saturated rings. The van der Waals surface area contributed by atoms with Crippen LogP contribution in [0, 0.1) is 11.7 Å². The van der Waals surface area contributed by atoms with Gasteiger partial charge in [0.1, 0.15) is 19.0 Å². The molecule has 2 saturated heterocycles. The minimum absolute atomic E-state index is 0.0539. The first-order valence-corrected chi connectivity index (χ1v) is 16.4. The Morgan fingerprint density at radius 3 is 1.71 bits per heavy atom. The van der Waals surface area contributed by atoms with Crippen LogP contribution < -0.4 is 0 Å². The van der Waals surface area contributed by atoms with E-state index in [-0.39, 0.29) is 31.6 Å². The Morgan fingerprint density at radius 2 is 1.16 bits per heavy atom. The SMILES string of the molecule is O=C1OC[C@H](Cc2ccccc2)N1C(=O)C(=CCC(Cc1ccccc1)C(=O)N1C(=O)OC[C@@H]1Cc1ccccc1)Cc1ccc(F)cc1. The first-order chi connectivity index (χ1) is 23.9. The van der Waals surface area contributed by atoms with Crippen molar-refractivity contribution >= 4 is 24.0 Å². The van der Waals surface area contributed by atoms with Gasteiger partial charge in [0, 0.05) is 17.9 Å². The highest BCUT2D eigenvalue weighted by molar-refractivity contribution is 6.04. The van der Waals surface area contributed by atoms with Gasteiger partial charge < -0.3 is 9.47 Å². The molecule has 0 N–H and O–H groups in total. The number of carbonyl (C=O) groups is 4. The molecule has 2 aliphatic rings. The Morgan fingerprint density at radius 1 is 0.673 bits per heavy atom. The normalized spacial score (nSPS) is 18.3. The van der Waals surface area contributed by atoms with Crippen LogP contribution in [0.5, 0.6) is 0 Å². The van der Waals surface area contributed by atoms with Gasteiger partial charge in [-0.05, 0) is 60.1 Å². The van der Waals surface area contributed by atoms with Gasteiger partial charge >= 0.3 is 12.2 Å². The number of imide groups is 2. The Labute approximate surface area is 284 Å². The van der Waals surface area contributed by atoms with Crippen LogP contribution in [-0.2, 0) is 44.7 Å². The number of ether oxygens (including phenoxy) is 2. The van der Waals surface area contributed by atoms with Crippen LogP contribution in [0.3, 0.4) is 0 Å². The average molecular weight is 661 g/mol. The molecular formula is C40H37FN2O6. The number of nitrogens with zero attached hydrogens (tertiary/aromatic N) is 2. The summed E-state index contributed by atoms with van der Waals surface area (Å²) in [6.07, 6.45) is 1.60. The molecule has 0 aromatic heterocycles. The van der Waals surface area contributed by atoms with Crippen molar-refractivity contribution in [1.82, 2.24) is 9.80 Å². The fraction of sp³-hybridized carbons (Fsp3) is 0.250. The van der Waals surface area contributed by atoms with Crippen LogP contribution in [0.25, 0.3) is 0 Å². The number of halogens is 1. The van der Waals surface area contributed by atoms with Gasteiger partial charge in [0.25, 0.3) is 5.91 Å². The lowest BCUT2D eigenvalue weighted by molar-refractivity contribution is -0.133. The van der Waals surface area contributed by atoms with Gasteiger partial charge in [0.15, 0.2) is 0 Å². The third kappa shape index (κ3) is 8.30. The third-order valence-corrected chi connectivity index (χ3v) is 8.91. The molecule has 8 nitrogen and oxygen atoms in total. The highest BCUT2D eigenvalue weighted by Gasteiger charge is 2.42. The van der Waals surface area contributed by atoms with Gasteiger partial charge in [-0.2, -0.15) is 0 Å². The van der Waals surface area contributed by atoms with Crippen molar-refractivity contribution in [1.29, 1.82) is 0 Å². The first kappa shape index (κ1) is 33.3. The lowest BCUT2D eigenvalue weighted by Gasteiger charge is -2.25. The van der Waals surface area contributed by atoms with Gasteiger partial charge in [-0.3, -0.25) is 9.59 Å². The van der Waals surface area contributed by atoms with Crippen LogP contribution in [0.15, 0.2) is 127 Å². The molecular weight excluding hydrogens is 623 g/mol. The average Bonchev–Trinajstić information content (AvgIpc) is 3.67. The first-order valence-electron chi connectivity index (χ1n) is 16.4. The van der Waals surface area contributed by atoms with Crippen LogP contribution in [-0.4, -0.2) is 59.1 Å². The van der Waals surface area contributed by atoms with E-state index in [4.69, 9.17) is 9.47 Å². The van der Waals surface area contributed by atoms with E-state index in [9.17, 15) is 23.6 Å². The van der Waals surface area contributed by atoms with E-state index in [2.05, 4.69) is 0 Å². The minimum Gasteiger partial charge on any atom is -0.447 e. The molecule has 0 bridgehead atoms. The van der Waals surface area contributed by atoms with Crippen LogP contribution >= 0.6 is 0 Å². The second kappa shape index (κ2) is 15.6. The molecule has 4 aromatic carbocycles. The van der Waals surface area contributed by atoms with Crippen molar-refractivity contribution in [3.05, 3.63) is 155 Å². The molecule has 3 atom stereocenters. The molecule has 4 amide bonds. The third-order valence-electron chi connectivity index (χ3n) is 8.91. The molecule has 250 valence electrons. The molecule has 0 radical (unpaired) electrons. The second-order valence-electron chi connectivity index (χ2n) is 12.4. The lowest BCUT2D eigenvalue weighted by Crippen LogP contribution is -2.44. The Hall–Kier alpha value is -5.57. The monoisotopic (exact) mass is 660 g/mol. The van der Waals surface area contributed by atoms with E-state index >= 15 is 0 Å². The molecule has 4 aromatic rings. The largest absolute Gasteiger partial charge is 0.447 e. The number of benzene rings is 4. The van der Waals surface area contributed by atoms with Gasteiger partial charge in [0.05, 0.1) is 12.1 Å². The Kier molecular flexibility index (Phi) is 10.6. The lowest BCUT2D eigenvalue weighted by atomic mass is 9.91. The molecule has 0 saturated carbocycles. The van der Waals surface area contributed by atoms with Crippen LogP contribution in [0.2, 0.25) is 0 Å². The van der Waals surface area contributed by atoms with Crippen LogP contribution in [0.4, 0.5) is 14.0 Å². The molecule has 9 heteroatoms. The quantitative estimate of drug-likeness (QED) is 0.157. The van der Waals surface area contributed by atoms with Gasteiger partial charge in [-0.1, -0.05) is 109 Å². The Balaban J connectivity index is 1.31. The van der Waals surface area contributed by atoms with E-state index in [1.54, 1.807) is 18.2 Å². The van der Waals surface area contributed by atoms with Crippen molar-refractivity contribution in [2.45, 2.75) is 44.2 Å². The van der Waals surface area contributed by atoms with Crippen molar-refractivity contribution in [3.63, 3.8) is 0 Å². The summed E-state index contributed by atoms with van der Waals surface area (Å²) in [6.45, 7) is 0.139. The topological polar surface area (TPSA) is 93.2 Å². The highest BCUT2D eigenvalue weighted by atomic mass is 19.1. The number of amides is 4. The number of hydrogen-bond donors (Lipinski definition) is 0. The molecule has 49 heavy (non-hydrogen) atoms. The van der Waals surface area contributed by atoms with Crippen molar-refractivity contribution in [3.8, 4) is 0 Å². The second-order valence-corrected chi connectivity index (χ2v) is 12.4. The maximum Gasteiger partial charge on any atom is 0.417 e. The molecule has 1 unspecified atom stereocenters. The summed E-state index contributed by atoms with van der Waals surface area (Å²) in [4.78, 5) is 56.9. The van der Waals surface area contributed by atoms with Crippen molar-refractivity contribution in [2.75, 3.05) is 13.2 Å². The van der Waals surface area contributed by atoms with E-state index < -0.39 is 47.8 Å². The standard InChI is InChI=1S/C40H37FN2O6/c41-34-20-16-31(17-21-34)23-33(38(45)43-36(27-49-40(43)47)25-30-14-8-3-9-15-30)19-18-32(22-28-10-4-1-5-11-28)37(44)42-35(26-48-39(42)46)24-29-12-6-2-7-13-29/h1-17,19-21,32,35-36H,18,22-27H2/t32?,35-,36-/m0/s1. The minimum atomic E-state index is -0.739. The molecule has 6 rings (SSSR count). The smallest absolute Gasteiger partial charge is 0.417 e. The van der Waals surface area contributed by atoms with E-state index in [1.165, 1.54) is 17.0 Å². The predicted octanol–water partition coefficient (Wildman–Crippen LogP) is 6.72. The predicted molar refractivity (Wildman–Crippen MR) is 181 cm³/mol. The summed E-state index contributed by atoms with van der Waals surface area (Å²) in [5.41, 5.74) is 3.73. The highest BCUT2D eigenvalue weighted by Crippen LogP contribution is 2.27. The number of carbonyl (C=O) groups excluding carboxylic acids is 4. The fourth-order valence-corrected chi connectivity index (χ4v) is 6.38. The van der Waals surface area contributed by atoms with E-state index in [1.807, 2.05) is 91.0 Å². The maximum absolute atomic E-state index is 14.3.